The van der Waals surface area contributed by atoms with E-state index in [1.165, 1.54) is 30.5 Å². The molecule has 4 heteroatoms. The smallest absolute Gasteiger partial charge is 0.270 e. The van der Waals surface area contributed by atoms with E-state index >= 15 is 0 Å². The van der Waals surface area contributed by atoms with Crippen LogP contribution >= 0.6 is 0 Å². The van der Waals surface area contributed by atoms with Gasteiger partial charge in [-0.05, 0) is 61.9 Å². The molecule has 0 spiro atoms. The van der Waals surface area contributed by atoms with Crippen molar-refractivity contribution in [3.63, 3.8) is 0 Å². The number of hydrogen-bond acceptors (Lipinski definition) is 2. The number of aromatic nitrogens is 1. The molecule has 1 amide bonds. The highest BCUT2D eigenvalue weighted by atomic mass is 16.2. The Kier molecular flexibility index (Phi) is 6.00. The van der Waals surface area contributed by atoms with Crippen molar-refractivity contribution in [2.45, 2.75) is 26.2 Å². The van der Waals surface area contributed by atoms with Crippen LogP contribution in [0.4, 0.5) is 0 Å². The van der Waals surface area contributed by atoms with Crippen LogP contribution in [0.25, 0.3) is 10.9 Å². The lowest BCUT2D eigenvalue weighted by molar-refractivity contribution is 0.0725. The van der Waals surface area contributed by atoms with Gasteiger partial charge in [-0.15, -0.1) is 0 Å². The van der Waals surface area contributed by atoms with Crippen LogP contribution in [0.1, 0.15) is 34.5 Å². The van der Waals surface area contributed by atoms with Gasteiger partial charge >= 0.3 is 0 Å². The molecule has 1 unspecified atom stereocenters. The number of carbonyl (C=O) groups excluding carboxylic acids is 1. The molecule has 4 nitrogen and oxygen atoms in total. The zero-order valence-electron chi connectivity index (χ0n) is 17.5. The summed E-state index contributed by atoms with van der Waals surface area (Å²) in [6.45, 7) is 6.35. The molecule has 2 heterocycles. The lowest BCUT2D eigenvalue weighted by Gasteiger charge is -2.34. The van der Waals surface area contributed by atoms with Crippen LogP contribution < -0.4 is 0 Å². The summed E-state index contributed by atoms with van der Waals surface area (Å²) in [5.74, 6) is 0.622. The van der Waals surface area contributed by atoms with Crippen molar-refractivity contribution in [3.8, 4) is 0 Å². The second kappa shape index (κ2) is 8.83. The Morgan fingerprint density at radius 1 is 1.17 bits per heavy atom. The van der Waals surface area contributed by atoms with Crippen molar-refractivity contribution >= 4 is 16.8 Å². The predicted molar refractivity (Wildman–Crippen MR) is 119 cm³/mol. The number of piperidine rings is 1. The summed E-state index contributed by atoms with van der Waals surface area (Å²) in [4.78, 5) is 20.6. The van der Waals surface area contributed by atoms with Gasteiger partial charge in [0, 0.05) is 37.6 Å². The maximum atomic E-state index is 12.9. The van der Waals surface area contributed by atoms with Crippen molar-refractivity contribution in [3.05, 3.63) is 71.4 Å². The summed E-state index contributed by atoms with van der Waals surface area (Å²) < 4.78 is 0. The number of para-hydroxylation sites is 1. The number of likely N-dealkylation sites (tertiary alicyclic amines) is 1. The van der Waals surface area contributed by atoms with Crippen LogP contribution in [-0.4, -0.2) is 53.9 Å². The quantitative estimate of drug-likeness (QED) is 0.674. The molecule has 29 heavy (non-hydrogen) atoms. The zero-order valence-corrected chi connectivity index (χ0v) is 17.5. The van der Waals surface area contributed by atoms with E-state index < -0.39 is 0 Å². The Bertz CT molecular complexity index is 944. The molecule has 3 aromatic rings. The van der Waals surface area contributed by atoms with Gasteiger partial charge in [-0.1, -0.05) is 42.5 Å². The first-order chi connectivity index (χ1) is 14.1. The number of hydrogen-bond donors (Lipinski definition) is 1. The first kappa shape index (κ1) is 19.7. The fourth-order valence-corrected chi connectivity index (χ4v) is 4.54. The molecule has 0 bridgehead atoms. The summed E-state index contributed by atoms with van der Waals surface area (Å²) in [6, 6.07) is 18.7. The minimum absolute atomic E-state index is 0.0817. The van der Waals surface area contributed by atoms with Gasteiger partial charge < -0.3 is 14.8 Å². The van der Waals surface area contributed by atoms with E-state index in [1.807, 2.05) is 42.3 Å². The molecule has 4 rings (SSSR count). The number of fused-ring (bicyclic) bond motifs is 1. The Hall–Kier alpha value is -2.59. The van der Waals surface area contributed by atoms with Crippen LogP contribution in [0, 0.1) is 12.8 Å². The number of carbonyl (C=O) groups is 1. The monoisotopic (exact) mass is 389 g/mol. The molecule has 2 aromatic carbocycles. The fourth-order valence-electron chi connectivity index (χ4n) is 4.54. The highest BCUT2D eigenvalue weighted by molar-refractivity contribution is 5.97. The molecule has 1 aliphatic rings. The number of aromatic amines is 1. The Balaban J connectivity index is 1.32. The van der Waals surface area contributed by atoms with Crippen molar-refractivity contribution in [1.29, 1.82) is 0 Å². The van der Waals surface area contributed by atoms with Gasteiger partial charge in [-0.2, -0.15) is 0 Å². The maximum Gasteiger partial charge on any atom is 0.270 e. The number of H-pyrrole nitrogens is 1. The van der Waals surface area contributed by atoms with E-state index in [1.54, 1.807) is 0 Å². The van der Waals surface area contributed by atoms with E-state index in [4.69, 9.17) is 0 Å². The number of nitrogens with zero attached hydrogens (tertiary/aromatic N) is 2. The molecule has 1 atom stereocenters. The minimum Gasteiger partial charge on any atom is -0.351 e. The average Bonchev–Trinajstić information content (AvgIpc) is 3.17. The normalized spacial score (nSPS) is 17.5. The number of aryl methyl sites for hydroxylation is 1. The summed E-state index contributed by atoms with van der Waals surface area (Å²) in [5, 5.41) is 1.09. The first-order valence-corrected chi connectivity index (χ1v) is 10.7. The average molecular weight is 390 g/mol. The minimum atomic E-state index is 0.0817. The fraction of sp³-hybridized carbons (Fsp3) is 0.400. The lowest BCUT2D eigenvalue weighted by Crippen LogP contribution is -2.42. The van der Waals surface area contributed by atoms with Crippen molar-refractivity contribution in [1.82, 2.24) is 14.8 Å². The van der Waals surface area contributed by atoms with Crippen LogP contribution in [0.5, 0.6) is 0 Å². The number of benzene rings is 2. The molecule has 0 radical (unpaired) electrons. The summed E-state index contributed by atoms with van der Waals surface area (Å²) in [6.07, 6.45) is 3.52. The molecule has 0 aliphatic carbocycles. The largest absolute Gasteiger partial charge is 0.351 e. The van der Waals surface area contributed by atoms with E-state index in [9.17, 15) is 4.79 Å². The van der Waals surface area contributed by atoms with Gasteiger partial charge in [0.15, 0.2) is 0 Å². The standard InChI is InChI=1S/C25H31N3O/c1-19-8-3-4-10-21(19)13-15-28-14-7-9-20(18-28)17-27(2)25(29)24-16-22-11-5-6-12-23(22)26-24/h3-6,8,10-12,16,20,26H,7,9,13-15,17-18H2,1-2H3. The molecule has 1 saturated heterocycles. The molecular formula is C25H31N3O. The van der Waals surface area contributed by atoms with E-state index in [2.05, 4.69) is 41.1 Å². The third-order valence-electron chi connectivity index (χ3n) is 6.20. The Labute approximate surface area is 173 Å². The molecular weight excluding hydrogens is 358 g/mol. The molecule has 0 saturated carbocycles. The molecule has 1 fully saturated rings. The molecule has 1 N–H and O–H groups in total. The summed E-state index contributed by atoms with van der Waals surface area (Å²) in [5.41, 5.74) is 4.52. The number of amides is 1. The van der Waals surface area contributed by atoms with Crippen molar-refractivity contribution in [2.24, 2.45) is 5.92 Å². The highest BCUT2D eigenvalue weighted by Gasteiger charge is 2.23. The van der Waals surface area contributed by atoms with Gasteiger partial charge in [0.2, 0.25) is 0 Å². The Morgan fingerprint density at radius 3 is 2.79 bits per heavy atom. The van der Waals surface area contributed by atoms with Crippen LogP contribution in [-0.2, 0) is 6.42 Å². The first-order valence-electron chi connectivity index (χ1n) is 10.7. The summed E-state index contributed by atoms with van der Waals surface area (Å²) in [7, 11) is 1.93. The topological polar surface area (TPSA) is 39.3 Å². The van der Waals surface area contributed by atoms with E-state index in [0.717, 1.165) is 37.0 Å². The highest BCUT2D eigenvalue weighted by Crippen LogP contribution is 2.20. The van der Waals surface area contributed by atoms with Crippen LogP contribution in [0.3, 0.4) is 0 Å². The van der Waals surface area contributed by atoms with Gasteiger partial charge in [0.05, 0.1) is 0 Å². The van der Waals surface area contributed by atoms with Gasteiger partial charge in [-0.25, -0.2) is 0 Å². The third kappa shape index (κ3) is 4.70. The summed E-state index contributed by atoms with van der Waals surface area (Å²) >= 11 is 0. The van der Waals surface area contributed by atoms with Crippen molar-refractivity contribution < 1.29 is 4.79 Å². The van der Waals surface area contributed by atoms with E-state index in [0.29, 0.717) is 11.6 Å². The molecule has 152 valence electrons. The second-order valence-corrected chi connectivity index (χ2v) is 8.44. The van der Waals surface area contributed by atoms with Crippen LogP contribution in [0.2, 0.25) is 0 Å². The Morgan fingerprint density at radius 2 is 1.97 bits per heavy atom. The van der Waals surface area contributed by atoms with Crippen molar-refractivity contribution in [2.75, 3.05) is 33.2 Å². The van der Waals surface area contributed by atoms with Gasteiger partial charge in [-0.3, -0.25) is 4.79 Å². The van der Waals surface area contributed by atoms with Gasteiger partial charge in [0.1, 0.15) is 5.69 Å². The van der Waals surface area contributed by atoms with Gasteiger partial charge in [0.25, 0.3) is 5.91 Å². The third-order valence-corrected chi connectivity index (χ3v) is 6.20. The zero-order chi connectivity index (χ0) is 20.2. The number of nitrogens with one attached hydrogen (secondary N) is 1. The number of rotatable bonds is 6. The molecule has 1 aromatic heterocycles. The lowest BCUT2D eigenvalue weighted by atomic mass is 9.96. The van der Waals surface area contributed by atoms with Crippen LogP contribution in [0.15, 0.2) is 54.6 Å². The SMILES string of the molecule is Cc1ccccc1CCN1CCCC(CN(C)C(=O)c2cc3ccccc3[nH]2)C1. The molecule has 1 aliphatic heterocycles. The maximum absolute atomic E-state index is 12.9. The van der Waals surface area contributed by atoms with E-state index in [-0.39, 0.29) is 5.91 Å². The second-order valence-electron chi connectivity index (χ2n) is 8.44. The predicted octanol–water partition coefficient (Wildman–Crippen LogP) is 4.50.